The third-order valence-electron chi connectivity index (χ3n) is 0.884. The highest BCUT2D eigenvalue weighted by Gasteiger charge is 2.07. The molecule has 6 nitrogen and oxygen atoms in total. The van der Waals surface area contributed by atoms with E-state index < -0.39 is 22.0 Å². The van der Waals surface area contributed by atoms with Crippen LogP contribution in [0.5, 0.6) is 0 Å². The Hall–Kier alpha value is -0.920. The summed E-state index contributed by atoms with van der Waals surface area (Å²) in [5.41, 5.74) is 0. The lowest BCUT2D eigenvalue weighted by atomic mass is 10.5. The number of hydrogen-bond donors (Lipinski definition) is 3. The molecule has 0 aliphatic carbocycles. The van der Waals surface area contributed by atoms with E-state index in [-0.39, 0.29) is 5.91 Å². The highest BCUT2D eigenvalue weighted by Crippen LogP contribution is 1.86. The van der Waals surface area contributed by atoms with Gasteiger partial charge in [-0.25, -0.2) is 0 Å². The quantitative estimate of drug-likeness (QED) is 0.430. The number of nitrogens with one attached hydrogen (secondary N) is 1. The smallest absolute Gasteiger partial charge is 0.267 e. The first-order chi connectivity index (χ1) is 6.22. The van der Waals surface area contributed by atoms with Gasteiger partial charge in [-0.3, -0.25) is 9.35 Å². The molecule has 0 aromatic heterocycles. The predicted octanol–water partition coefficient (Wildman–Crippen LogP) is -0.827. The van der Waals surface area contributed by atoms with Crippen molar-refractivity contribution in [1.82, 2.24) is 5.32 Å². The standard InChI is InChI=1S/C4H7NO.C3H8O4S/c1-3-4(6)5-2;1-3(4)2-8(5,6)7/h3H,1H2,2H3,(H,5,6);3-4H,2H2,1H3,(H,5,6,7). The molecule has 0 rings (SSSR count). The molecule has 7 heteroatoms. The zero-order chi connectivity index (χ0) is 11.8. The lowest BCUT2D eigenvalue weighted by molar-refractivity contribution is -0.116. The molecule has 1 atom stereocenters. The first-order valence-electron chi connectivity index (χ1n) is 3.70. The van der Waals surface area contributed by atoms with Gasteiger partial charge in [-0.2, -0.15) is 8.42 Å². The van der Waals surface area contributed by atoms with Crippen LogP contribution >= 0.6 is 0 Å². The molecule has 0 bridgehead atoms. The number of likely N-dealkylation sites (N-methyl/N-ethyl adjacent to an activating group) is 1. The topological polar surface area (TPSA) is 104 Å². The number of rotatable bonds is 3. The minimum absolute atomic E-state index is 0.144. The number of aliphatic hydroxyl groups excluding tert-OH is 1. The summed E-state index contributed by atoms with van der Waals surface area (Å²) in [6, 6.07) is 0. The van der Waals surface area contributed by atoms with Crippen molar-refractivity contribution in [3.8, 4) is 0 Å². The molecule has 84 valence electrons. The van der Waals surface area contributed by atoms with Gasteiger partial charge in [0.2, 0.25) is 5.91 Å². The average Bonchev–Trinajstić information content (AvgIpc) is 1.99. The van der Waals surface area contributed by atoms with Crippen LogP contribution in [0.2, 0.25) is 0 Å². The Labute approximate surface area is 83.4 Å². The molecule has 0 aliphatic rings. The van der Waals surface area contributed by atoms with E-state index in [9.17, 15) is 13.2 Å². The maximum Gasteiger partial charge on any atom is 0.267 e. The molecule has 0 spiro atoms. The molecule has 1 amide bonds. The van der Waals surface area contributed by atoms with Crippen molar-refractivity contribution in [2.75, 3.05) is 12.8 Å². The fourth-order valence-corrected chi connectivity index (χ4v) is 1.02. The van der Waals surface area contributed by atoms with Gasteiger partial charge in [0.05, 0.1) is 6.10 Å². The molecular weight excluding hydrogens is 210 g/mol. The molecule has 3 N–H and O–H groups in total. The molecule has 0 fully saturated rings. The van der Waals surface area contributed by atoms with Crippen molar-refractivity contribution < 1.29 is 22.9 Å². The first kappa shape index (κ1) is 15.5. The van der Waals surface area contributed by atoms with Crippen LogP contribution in [0.25, 0.3) is 0 Å². The van der Waals surface area contributed by atoms with Crippen molar-refractivity contribution in [3.63, 3.8) is 0 Å². The Bertz CT molecular complexity index is 270. The number of amides is 1. The van der Waals surface area contributed by atoms with Crippen LogP contribution in [0.15, 0.2) is 12.7 Å². The average molecular weight is 225 g/mol. The Balaban J connectivity index is 0. The minimum atomic E-state index is -3.97. The van der Waals surface area contributed by atoms with E-state index in [1.54, 1.807) is 7.05 Å². The molecule has 0 aliphatic heterocycles. The van der Waals surface area contributed by atoms with Crippen molar-refractivity contribution in [2.45, 2.75) is 13.0 Å². The summed E-state index contributed by atoms with van der Waals surface area (Å²) in [6.07, 6.45) is 0.227. The highest BCUT2D eigenvalue weighted by atomic mass is 32.2. The van der Waals surface area contributed by atoms with E-state index in [2.05, 4.69) is 11.9 Å². The second-order valence-corrected chi connectivity index (χ2v) is 3.91. The highest BCUT2D eigenvalue weighted by molar-refractivity contribution is 7.85. The number of carbonyl (C=O) groups excluding carboxylic acids is 1. The van der Waals surface area contributed by atoms with Gasteiger partial charge < -0.3 is 10.4 Å². The summed E-state index contributed by atoms with van der Waals surface area (Å²) in [4.78, 5) is 9.95. The summed E-state index contributed by atoms with van der Waals surface area (Å²) >= 11 is 0. The molecule has 0 saturated carbocycles. The second-order valence-electron chi connectivity index (χ2n) is 2.42. The van der Waals surface area contributed by atoms with E-state index in [1.807, 2.05) is 0 Å². The SMILES string of the molecule is C=CC(=O)NC.CC(O)CS(=O)(=O)O. The van der Waals surface area contributed by atoms with Crippen LogP contribution in [0.3, 0.4) is 0 Å². The van der Waals surface area contributed by atoms with Crippen molar-refractivity contribution in [2.24, 2.45) is 0 Å². The van der Waals surface area contributed by atoms with E-state index in [0.717, 1.165) is 0 Å². The Kier molecular flexibility index (Phi) is 8.31. The minimum Gasteiger partial charge on any atom is -0.392 e. The van der Waals surface area contributed by atoms with Crippen LogP contribution in [0.1, 0.15) is 6.92 Å². The zero-order valence-electron chi connectivity index (χ0n) is 8.10. The number of carbonyl (C=O) groups is 1. The van der Waals surface area contributed by atoms with Crippen LogP contribution in [0.4, 0.5) is 0 Å². The van der Waals surface area contributed by atoms with Gasteiger partial charge in [-0.05, 0) is 13.0 Å². The number of hydrogen-bond acceptors (Lipinski definition) is 4. The summed E-state index contributed by atoms with van der Waals surface area (Å²) < 4.78 is 27.7. The van der Waals surface area contributed by atoms with Crippen molar-refractivity contribution >= 4 is 16.0 Å². The van der Waals surface area contributed by atoms with Crippen molar-refractivity contribution in [3.05, 3.63) is 12.7 Å². The molecule has 14 heavy (non-hydrogen) atoms. The fourth-order valence-electron chi connectivity index (χ4n) is 0.407. The fraction of sp³-hybridized carbons (Fsp3) is 0.571. The lowest BCUT2D eigenvalue weighted by Gasteiger charge is -1.97. The zero-order valence-corrected chi connectivity index (χ0v) is 8.91. The van der Waals surface area contributed by atoms with Crippen LogP contribution in [-0.4, -0.2) is 42.9 Å². The summed E-state index contributed by atoms with van der Waals surface area (Å²) in [5.74, 6) is -0.734. The molecule has 0 aromatic rings. The molecular formula is C7H15NO5S. The van der Waals surface area contributed by atoms with Gasteiger partial charge in [0.15, 0.2) is 0 Å². The second kappa shape index (κ2) is 7.48. The predicted molar refractivity (Wildman–Crippen MR) is 52.4 cm³/mol. The van der Waals surface area contributed by atoms with E-state index in [0.29, 0.717) is 0 Å². The Morgan fingerprint density at radius 3 is 2.07 bits per heavy atom. The van der Waals surface area contributed by atoms with Gasteiger partial charge in [-0.15, -0.1) is 0 Å². The van der Waals surface area contributed by atoms with E-state index >= 15 is 0 Å². The molecule has 0 aromatic carbocycles. The maximum absolute atomic E-state index is 9.95. The monoisotopic (exact) mass is 225 g/mol. The summed E-state index contributed by atoms with van der Waals surface area (Å²) in [6.45, 7) is 4.50. The van der Waals surface area contributed by atoms with Crippen LogP contribution in [-0.2, 0) is 14.9 Å². The Morgan fingerprint density at radius 1 is 1.64 bits per heavy atom. The van der Waals surface area contributed by atoms with Gasteiger partial charge in [0.1, 0.15) is 5.75 Å². The van der Waals surface area contributed by atoms with Crippen LogP contribution < -0.4 is 5.32 Å². The maximum atomic E-state index is 9.95. The summed E-state index contributed by atoms with van der Waals surface area (Å²) in [5, 5.41) is 10.7. The van der Waals surface area contributed by atoms with Crippen LogP contribution in [0, 0.1) is 0 Å². The van der Waals surface area contributed by atoms with Gasteiger partial charge in [0.25, 0.3) is 10.1 Å². The number of aliphatic hydroxyl groups is 1. The van der Waals surface area contributed by atoms with Gasteiger partial charge in [-0.1, -0.05) is 6.58 Å². The normalized spacial score (nSPS) is 12.0. The van der Waals surface area contributed by atoms with E-state index in [4.69, 9.17) is 9.66 Å². The molecule has 0 heterocycles. The van der Waals surface area contributed by atoms with E-state index in [1.165, 1.54) is 13.0 Å². The molecule has 0 saturated heterocycles. The third-order valence-corrected chi connectivity index (χ3v) is 1.79. The third kappa shape index (κ3) is 17.2. The molecule has 1 unspecified atom stereocenters. The largest absolute Gasteiger partial charge is 0.392 e. The van der Waals surface area contributed by atoms with Gasteiger partial charge in [0, 0.05) is 7.05 Å². The summed E-state index contributed by atoms with van der Waals surface area (Å²) in [7, 11) is -2.41. The van der Waals surface area contributed by atoms with Gasteiger partial charge >= 0.3 is 0 Å². The lowest BCUT2D eigenvalue weighted by Crippen LogP contribution is -2.16. The molecule has 0 radical (unpaired) electrons. The Morgan fingerprint density at radius 2 is 2.07 bits per heavy atom. The first-order valence-corrected chi connectivity index (χ1v) is 5.31. The van der Waals surface area contributed by atoms with Crippen molar-refractivity contribution in [1.29, 1.82) is 0 Å².